The summed E-state index contributed by atoms with van der Waals surface area (Å²) in [5, 5.41) is 7.73. The molecule has 0 spiro atoms. The van der Waals surface area contributed by atoms with Gasteiger partial charge in [0.25, 0.3) is 0 Å². The maximum atomic E-state index is 13.3. The Kier molecular flexibility index (Phi) is 3.87. The Morgan fingerprint density at radius 2 is 1.80 bits per heavy atom. The molecule has 128 valence electrons. The lowest BCUT2D eigenvalue weighted by Crippen LogP contribution is -2.28. The molecule has 0 bridgehead atoms. The lowest BCUT2D eigenvalue weighted by Gasteiger charge is -2.31. The molecular weight excluding hydrogens is 317 g/mol. The van der Waals surface area contributed by atoms with E-state index in [9.17, 15) is 4.39 Å². The zero-order chi connectivity index (χ0) is 17.4. The van der Waals surface area contributed by atoms with Gasteiger partial charge in [-0.25, -0.2) is 9.07 Å². The summed E-state index contributed by atoms with van der Waals surface area (Å²) in [6.45, 7) is 2.14. The third-order valence-corrected chi connectivity index (χ3v) is 4.75. The van der Waals surface area contributed by atoms with Gasteiger partial charge in [-0.1, -0.05) is 43.3 Å². The van der Waals surface area contributed by atoms with E-state index in [1.54, 1.807) is 16.8 Å². The van der Waals surface area contributed by atoms with Crippen molar-refractivity contribution in [1.82, 2.24) is 14.8 Å². The average molecular weight is 337 g/mol. The van der Waals surface area contributed by atoms with Gasteiger partial charge in [0.05, 0.1) is 12.1 Å². The Balaban J connectivity index is 1.71. The van der Waals surface area contributed by atoms with Crippen molar-refractivity contribution < 1.29 is 4.39 Å². The number of nitrogens with one attached hydrogen (secondary N) is 1. The van der Waals surface area contributed by atoms with E-state index in [0.717, 1.165) is 18.4 Å². The molecule has 6 heteroatoms. The van der Waals surface area contributed by atoms with Crippen molar-refractivity contribution >= 4 is 11.9 Å². The predicted molar refractivity (Wildman–Crippen MR) is 95.8 cm³/mol. The Hall–Kier alpha value is -2.89. The third kappa shape index (κ3) is 2.95. The number of nitrogens with zero attached hydrogens (tertiary/aromatic N) is 3. The first-order valence-corrected chi connectivity index (χ1v) is 8.47. The Morgan fingerprint density at radius 1 is 1.12 bits per heavy atom. The van der Waals surface area contributed by atoms with Crippen LogP contribution in [-0.4, -0.2) is 14.8 Å². The Morgan fingerprint density at radius 3 is 2.48 bits per heavy atom. The van der Waals surface area contributed by atoms with Crippen molar-refractivity contribution in [2.75, 3.05) is 11.1 Å². The molecule has 1 aromatic heterocycles. The minimum atomic E-state index is -0.247. The lowest BCUT2D eigenvalue weighted by atomic mass is 9.93. The number of fused-ring (bicyclic) bond motifs is 1. The summed E-state index contributed by atoms with van der Waals surface area (Å²) in [5.41, 5.74) is 9.29. The predicted octanol–water partition coefficient (Wildman–Crippen LogP) is 3.71. The smallest absolute Gasteiger partial charge is 0.241 e. The minimum Gasteiger partial charge on any atom is -0.366 e. The zero-order valence-corrected chi connectivity index (χ0v) is 14.0. The van der Waals surface area contributed by atoms with Crippen molar-refractivity contribution in [2.45, 2.75) is 31.8 Å². The van der Waals surface area contributed by atoms with Crippen LogP contribution in [0.5, 0.6) is 0 Å². The molecule has 2 atom stereocenters. The summed E-state index contributed by atoms with van der Waals surface area (Å²) in [5.74, 6) is 0.627. The van der Waals surface area contributed by atoms with Crippen LogP contribution in [0.2, 0.25) is 0 Å². The number of aryl methyl sites for hydroxylation is 1. The largest absolute Gasteiger partial charge is 0.366 e. The number of rotatable bonds is 3. The van der Waals surface area contributed by atoms with Crippen molar-refractivity contribution in [2.24, 2.45) is 0 Å². The van der Waals surface area contributed by atoms with Gasteiger partial charge in [-0.2, -0.15) is 4.98 Å². The van der Waals surface area contributed by atoms with Crippen LogP contribution in [0.15, 0.2) is 48.5 Å². The Labute approximate surface area is 145 Å². The molecule has 3 aromatic rings. The average Bonchev–Trinajstić information content (AvgIpc) is 3.02. The molecule has 0 saturated carbocycles. The van der Waals surface area contributed by atoms with Crippen molar-refractivity contribution in [1.29, 1.82) is 0 Å². The molecule has 1 aliphatic rings. The van der Waals surface area contributed by atoms with E-state index in [-0.39, 0.29) is 23.8 Å². The summed E-state index contributed by atoms with van der Waals surface area (Å²) < 4.78 is 15.1. The van der Waals surface area contributed by atoms with E-state index >= 15 is 0 Å². The molecule has 3 N–H and O–H groups in total. The molecule has 2 aromatic carbocycles. The highest BCUT2D eigenvalue weighted by atomic mass is 19.1. The fourth-order valence-electron chi connectivity index (χ4n) is 3.36. The molecule has 2 unspecified atom stereocenters. The van der Waals surface area contributed by atoms with Gasteiger partial charge < -0.3 is 11.1 Å². The molecule has 0 radical (unpaired) electrons. The number of aromatic nitrogens is 3. The number of anilines is 2. The van der Waals surface area contributed by atoms with E-state index in [4.69, 9.17) is 5.73 Å². The van der Waals surface area contributed by atoms with E-state index in [1.807, 2.05) is 0 Å². The van der Waals surface area contributed by atoms with E-state index in [0.29, 0.717) is 5.95 Å². The molecule has 25 heavy (non-hydrogen) atoms. The number of halogens is 1. The van der Waals surface area contributed by atoms with Crippen LogP contribution in [0, 0.1) is 5.82 Å². The van der Waals surface area contributed by atoms with Crippen molar-refractivity contribution in [3.63, 3.8) is 0 Å². The Bertz CT molecular complexity index is 870. The number of hydrogen-bond donors (Lipinski definition) is 2. The fourth-order valence-corrected chi connectivity index (χ4v) is 3.36. The second-order valence-corrected chi connectivity index (χ2v) is 6.33. The lowest BCUT2D eigenvalue weighted by molar-refractivity contribution is 0.431. The molecule has 0 saturated heterocycles. The summed E-state index contributed by atoms with van der Waals surface area (Å²) in [4.78, 5) is 4.30. The molecule has 4 rings (SSSR count). The summed E-state index contributed by atoms with van der Waals surface area (Å²) in [6.07, 6.45) is 1.80. The van der Waals surface area contributed by atoms with E-state index in [2.05, 4.69) is 46.6 Å². The summed E-state index contributed by atoms with van der Waals surface area (Å²) in [7, 11) is 0. The van der Waals surface area contributed by atoms with Gasteiger partial charge in [-0.15, -0.1) is 5.10 Å². The number of hydrogen-bond acceptors (Lipinski definition) is 4. The minimum absolute atomic E-state index is 0.0440. The highest BCUT2D eigenvalue weighted by Crippen LogP contribution is 2.38. The quantitative estimate of drug-likeness (QED) is 0.764. The first-order chi connectivity index (χ1) is 12.1. The summed E-state index contributed by atoms with van der Waals surface area (Å²) >= 11 is 0. The van der Waals surface area contributed by atoms with Gasteiger partial charge in [0.1, 0.15) is 5.82 Å². The zero-order valence-electron chi connectivity index (χ0n) is 14.0. The highest BCUT2D eigenvalue weighted by Gasteiger charge is 2.30. The molecule has 0 amide bonds. The highest BCUT2D eigenvalue weighted by molar-refractivity contribution is 5.42. The maximum Gasteiger partial charge on any atom is 0.241 e. The van der Waals surface area contributed by atoms with Crippen LogP contribution >= 0.6 is 0 Å². The maximum absolute atomic E-state index is 13.3. The van der Waals surface area contributed by atoms with Crippen LogP contribution in [0.4, 0.5) is 16.3 Å². The fraction of sp³-hybridized carbons (Fsp3) is 0.263. The van der Waals surface area contributed by atoms with Crippen molar-refractivity contribution in [3.05, 3.63) is 71.0 Å². The normalized spacial score (nSPS) is 19.3. The molecular formula is C19H20FN5. The number of benzene rings is 2. The van der Waals surface area contributed by atoms with Crippen LogP contribution < -0.4 is 11.1 Å². The van der Waals surface area contributed by atoms with Crippen molar-refractivity contribution in [3.8, 4) is 0 Å². The van der Waals surface area contributed by atoms with Crippen LogP contribution in [0.1, 0.15) is 42.1 Å². The van der Waals surface area contributed by atoms with Gasteiger partial charge in [0.2, 0.25) is 11.9 Å². The van der Waals surface area contributed by atoms with Gasteiger partial charge >= 0.3 is 0 Å². The van der Waals surface area contributed by atoms with E-state index in [1.165, 1.54) is 23.3 Å². The molecule has 1 aliphatic heterocycles. The van der Waals surface area contributed by atoms with Gasteiger partial charge in [-0.3, -0.25) is 0 Å². The number of nitrogen functional groups attached to an aromatic ring is 1. The number of nitrogens with two attached hydrogens (primary N) is 1. The topological polar surface area (TPSA) is 68.8 Å². The van der Waals surface area contributed by atoms with Crippen LogP contribution in [0.3, 0.4) is 0 Å². The first-order valence-electron chi connectivity index (χ1n) is 8.47. The standard InChI is InChI=1S/C19H20FN5/c1-2-12-3-5-13(6-4-12)16-11-17(14-7-9-15(20)10-8-14)25-19(22-16)23-18(21)24-25/h3-10,16-17H,2,11H2,1H3,(H3,21,22,23,24). The SMILES string of the molecule is CCc1ccc(C2CC(c3ccc(F)cc3)n3nc(N)nc3N2)cc1. The van der Waals surface area contributed by atoms with Crippen LogP contribution in [0.25, 0.3) is 0 Å². The molecule has 5 nitrogen and oxygen atoms in total. The van der Waals surface area contributed by atoms with Crippen LogP contribution in [-0.2, 0) is 6.42 Å². The summed E-state index contributed by atoms with van der Waals surface area (Å²) in [6, 6.07) is 15.2. The third-order valence-electron chi connectivity index (χ3n) is 4.75. The molecule has 0 fully saturated rings. The monoisotopic (exact) mass is 337 g/mol. The molecule has 0 aliphatic carbocycles. The van der Waals surface area contributed by atoms with Gasteiger partial charge in [-0.05, 0) is 41.7 Å². The first kappa shape index (κ1) is 15.6. The van der Waals surface area contributed by atoms with Gasteiger partial charge in [0, 0.05) is 0 Å². The van der Waals surface area contributed by atoms with E-state index < -0.39 is 0 Å². The van der Waals surface area contributed by atoms with Gasteiger partial charge in [0.15, 0.2) is 0 Å². The second kappa shape index (κ2) is 6.20. The second-order valence-electron chi connectivity index (χ2n) is 6.33. The molecule has 2 heterocycles.